The van der Waals surface area contributed by atoms with Crippen LogP contribution >= 0.6 is 11.6 Å². The number of nitrogens with zero attached hydrogens (tertiary/aromatic N) is 1. The molecule has 1 amide bonds. The van der Waals surface area contributed by atoms with Crippen molar-refractivity contribution in [2.24, 2.45) is 0 Å². The molecular formula is C20H16ClF2N3O. The molecule has 2 aromatic carbocycles. The van der Waals surface area contributed by atoms with Crippen molar-refractivity contribution in [1.82, 2.24) is 4.98 Å². The predicted molar refractivity (Wildman–Crippen MR) is 102 cm³/mol. The molecule has 0 aliphatic rings. The first-order chi connectivity index (χ1) is 13.0. The third kappa shape index (κ3) is 5.24. The molecule has 0 spiro atoms. The van der Waals surface area contributed by atoms with Gasteiger partial charge in [-0.1, -0.05) is 23.7 Å². The van der Waals surface area contributed by atoms with Crippen molar-refractivity contribution in [2.45, 2.75) is 6.42 Å². The molecule has 0 atom stereocenters. The second-order valence-electron chi connectivity index (χ2n) is 5.82. The molecule has 0 fully saturated rings. The van der Waals surface area contributed by atoms with Crippen molar-refractivity contribution in [3.63, 3.8) is 0 Å². The number of rotatable bonds is 6. The number of hydrogen-bond donors (Lipinski definition) is 2. The van der Waals surface area contributed by atoms with Crippen LogP contribution in [0, 0.1) is 11.6 Å². The Balaban J connectivity index is 1.53. The Kier molecular flexibility index (Phi) is 5.98. The zero-order valence-electron chi connectivity index (χ0n) is 14.2. The van der Waals surface area contributed by atoms with Gasteiger partial charge in [-0.15, -0.1) is 0 Å². The number of benzene rings is 2. The summed E-state index contributed by atoms with van der Waals surface area (Å²) in [5.74, 6) is -1.82. The number of aromatic nitrogens is 1. The van der Waals surface area contributed by atoms with Gasteiger partial charge in [0.2, 0.25) is 0 Å². The zero-order valence-corrected chi connectivity index (χ0v) is 14.9. The Bertz CT molecular complexity index is 931. The Morgan fingerprint density at radius 3 is 2.44 bits per heavy atom. The molecule has 138 valence electrons. The van der Waals surface area contributed by atoms with Gasteiger partial charge in [-0.3, -0.25) is 4.79 Å². The molecule has 3 aromatic rings. The quantitative estimate of drug-likeness (QED) is 0.631. The van der Waals surface area contributed by atoms with E-state index in [1.54, 1.807) is 12.1 Å². The number of hydrogen-bond acceptors (Lipinski definition) is 3. The minimum atomic E-state index is -1.02. The molecule has 1 aromatic heterocycles. The first-order valence-corrected chi connectivity index (χ1v) is 8.60. The Morgan fingerprint density at radius 1 is 1.00 bits per heavy atom. The van der Waals surface area contributed by atoms with E-state index in [0.717, 1.165) is 24.1 Å². The zero-order chi connectivity index (χ0) is 19.2. The van der Waals surface area contributed by atoms with Crippen LogP contribution in [0.3, 0.4) is 0 Å². The predicted octanol–water partition coefficient (Wildman–Crippen LogP) is 4.92. The van der Waals surface area contributed by atoms with Gasteiger partial charge in [-0.2, -0.15) is 0 Å². The van der Waals surface area contributed by atoms with Crippen molar-refractivity contribution in [2.75, 3.05) is 17.2 Å². The first kappa shape index (κ1) is 18.8. The van der Waals surface area contributed by atoms with E-state index < -0.39 is 17.5 Å². The van der Waals surface area contributed by atoms with E-state index in [4.69, 9.17) is 11.6 Å². The Hall–Kier alpha value is -2.99. The molecule has 0 bridgehead atoms. The Morgan fingerprint density at radius 2 is 1.78 bits per heavy atom. The van der Waals surface area contributed by atoms with Gasteiger partial charge >= 0.3 is 0 Å². The molecule has 7 heteroatoms. The lowest BCUT2D eigenvalue weighted by Gasteiger charge is -2.08. The maximum absolute atomic E-state index is 13.2. The van der Waals surface area contributed by atoms with Crippen LogP contribution in [0.5, 0.6) is 0 Å². The third-order valence-electron chi connectivity index (χ3n) is 3.84. The lowest BCUT2D eigenvalue weighted by molar-refractivity contribution is 0.102. The summed E-state index contributed by atoms with van der Waals surface area (Å²) in [5, 5.41) is 6.37. The average molecular weight is 388 g/mol. The molecule has 0 unspecified atom stereocenters. The molecule has 3 rings (SSSR count). The van der Waals surface area contributed by atoms with Crippen LogP contribution in [0.15, 0.2) is 60.8 Å². The van der Waals surface area contributed by atoms with Crippen LogP contribution in [0.2, 0.25) is 5.02 Å². The summed E-state index contributed by atoms with van der Waals surface area (Å²) >= 11 is 5.85. The van der Waals surface area contributed by atoms with Crippen molar-refractivity contribution in [1.29, 1.82) is 0 Å². The summed E-state index contributed by atoms with van der Waals surface area (Å²) in [4.78, 5) is 16.3. The van der Waals surface area contributed by atoms with E-state index in [1.807, 2.05) is 24.3 Å². The van der Waals surface area contributed by atoms with Crippen LogP contribution in [0.1, 0.15) is 15.9 Å². The molecular weight excluding hydrogens is 372 g/mol. The molecule has 4 nitrogen and oxygen atoms in total. The maximum atomic E-state index is 13.2. The van der Waals surface area contributed by atoms with Crippen LogP contribution < -0.4 is 10.6 Å². The van der Waals surface area contributed by atoms with Crippen molar-refractivity contribution in [3.05, 3.63) is 88.6 Å². The van der Waals surface area contributed by atoms with Gasteiger partial charge in [-0.25, -0.2) is 13.8 Å². The van der Waals surface area contributed by atoms with Gasteiger partial charge in [0, 0.05) is 29.5 Å². The smallest absolute Gasteiger partial charge is 0.257 e. The standard InChI is InChI=1S/C20H16ClF2N3O/c21-15-4-1-13(2-5-15)9-10-24-19-8-3-14(12-25-19)20(27)26-16-6-7-17(22)18(23)11-16/h1-8,11-12H,9-10H2,(H,24,25)(H,26,27). The number of pyridine rings is 1. The fourth-order valence-corrected chi connectivity index (χ4v) is 2.52. The second-order valence-corrected chi connectivity index (χ2v) is 6.25. The van der Waals surface area contributed by atoms with E-state index in [9.17, 15) is 13.6 Å². The number of anilines is 2. The molecule has 2 N–H and O–H groups in total. The van der Waals surface area contributed by atoms with Gasteiger partial charge in [0.25, 0.3) is 5.91 Å². The van der Waals surface area contributed by atoms with Gasteiger partial charge in [0.15, 0.2) is 11.6 Å². The largest absolute Gasteiger partial charge is 0.370 e. The molecule has 0 saturated heterocycles. The van der Waals surface area contributed by atoms with E-state index in [2.05, 4.69) is 15.6 Å². The lowest BCUT2D eigenvalue weighted by atomic mass is 10.1. The third-order valence-corrected chi connectivity index (χ3v) is 4.09. The highest BCUT2D eigenvalue weighted by Crippen LogP contribution is 2.15. The summed E-state index contributed by atoms with van der Waals surface area (Å²) in [6, 6.07) is 14.1. The normalized spacial score (nSPS) is 10.5. The molecule has 0 aliphatic carbocycles. The van der Waals surface area contributed by atoms with Crippen molar-refractivity contribution in [3.8, 4) is 0 Å². The SMILES string of the molecule is O=C(Nc1ccc(F)c(F)c1)c1ccc(NCCc2ccc(Cl)cc2)nc1. The van der Waals surface area contributed by atoms with Crippen LogP contribution in [-0.4, -0.2) is 17.4 Å². The number of amides is 1. The highest BCUT2D eigenvalue weighted by molar-refractivity contribution is 6.30. The molecule has 0 saturated carbocycles. The number of carbonyl (C=O) groups is 1. The van der Waals surface area contributed by atoms with Crippen molar-refractivity contribution < 1.29 is 13.6 Å². The summed E-state index contributed by atoms with van der Waals surface area (Å²) in [6.45, 7) is 0.676. The monoisotopic (exact) mass is 387 g/mol. The van der Waals surface area contributed by atoms with Crippen LogP contribution in [0.25, 0.3) is 0 Å². The van der Waals surface area contributed by atoms with E-state index in [0.29, 0.717) is 22.9 Å². The first-order valence-electron chi connectivity index (χ1n) is 8.22. The topological polar surface area (TPSA) is 54.0 Å². The summed E-state index contributed by atoms with van der Waals surface area (Å²) in [6.07, 6.45) is 2.22. The van der Waals surface area contributed by atoms with E-state index in [1.165, 1.54) is 12.3 Å². The number of nitrogens with one attached hydrogen (secondary N) is 2. The van der Waals surface area contributed by atoms with E-state index in [-0.39, 0.29) is 5.69 Å². The van der Waals surface area contributed by atoms with Gasteiger partial charge in [0.1, 0.15) is 5.82 Å². The van der Waals surface area contributed by atoms with Gasteiger partial charge in [0.05, 0.1) is 5.56 Å². The minimum absolute atomic E-state index is 0.170. The minimum Gasteiger partial charge on any atom is -0.370 e. The summed E-state index contributed by atoms with van der Waals surface area (Å²) in [7, 11) is 0. The fraction of sp³-hybridized carbons (Fsp3) is 0.100. The molecule has 27 heavy (non-hydrogen) atoms. The van der Waals surface area contributed by atoms with Crippen molar-refractivity contribution >= 4 is 29.0 Å². The van der Waals surface area contributed by atoms with Crippen LogP contribution in [0.4, 0.5) is 20.3 Å². The number of carbonyl (C=O) groups excluding carboxylic acids is 1. The Labute approximate surface area is 160 Å². The maximum Gasteiger partial charge on any atom is 0.257 e. The fourth-order valence-electron chi connectivity index (χ4n) is 2.40. The average Bonchev–Trinajstić information content (AvgIpc) is 2.67. The molecule has 1 heterocycles. The second kappa shape index (κ2) is 8.60. The summed E-state index contributed by atoms with van der Waals surface area (Å²) in [5.41, 5.74) is 1.63. The molecule has 0 radical (unpaired) electrons. The lowest BCUT2D eigenvalue weighted by Crippen LogP contribution is -2.13. The van der Waals surface area contributed by atoms with Crippen LogP contribution in [-0.2, 0) is 6.42 Å². The van der Waals surface area contributed by atoms with Gasteiger partial charge < -0.3 is 10.6 Å². The van der Waals surface area contributed by atoms with Gasteiger partial charge in [-0.05, 0) is 48.4 Å². The molecule has 0 aliphatic heterocycles. The highest BCUT2D eigenvalue weighted by Gasteiger charge is 2.09. The van der Waals surface area contributed by atoms with E-state index >= 15 is 0 Å². The summed E-state index contributed by atoms with van der Waals surface area (Å²) < 4.78 is 26.1. The highest BCUT2D eigenvalue weighted by atomic mass is 35.5. The number of halogens is 3.